The number of urea groups is 1. The molecule has 5 unspecified atom stereocenters. The molecule has 1 heterocycles. The summed E-state index contributed by atoms with van der Waals surface area (Å²) >= 11 is 0. The first-order valence-corrected chi connectivity index (χ1v) is 9.99. The molecule has 1 aliphatic rings. The summed E-state index contributed by atoms with van der Waals surface area (Å²) in [6, 6.07) is -0.995. The third kappa shape index (κ3) is 5.43. The molecule has 0 aliphatic carbocycles. The maximum atomic E-state index is 12.2. The van der Waals surface area contributed by atoms with Crippen molar-refractivity contribution >= 4 is 11.9 Å². The molecule has 0 saturated carbocycles. The normalized spacial score (nSPS) is 23.0. The predicted octanol–water partition coefficient (Wildman–Crippen LogP) is 1.63. The van der Waals surface area contributed by atoms with E-state index < -0.39 is 29.4 Å². The molecule has 0 spiro atoms. The molecular formula is C20H38N2O6. The van der Waals surface area contributed by atoms with Gasteiger partial charge in [-0.25, -0.2) is 4.79 Å². The van der Waals surface area contributed by atoms with Crippen molar-refractivity contribution in [2.24, 2.45) is 5.92 Å². The van der Waals surface area contributed by atoms with Gasteiger partial charge in [-0.15, -0.1) is 0 Å². The van der Waals surface area contributed by atoms with Crippen LogP contribution in [0.1, 0.15) is 54.9 Å². The van der Waals surface area contributed by atoms with E-state index in [0.717, 1.165) is 4.90 Å². The van der Waals surface area contributed by atoms with Crippen molar-refractivity contribution in [1.29, 1.82) is 0 Å². The van der Waals surface area contributed by atoms with E-state index in [1.54, 1.807) is 27.7 Å². The van der Waals surface area contributed by atoms with Crippen LogP contribution < -0.4 is 0 Å². The summed E-state index contributed by atoms with van der Waals surface area (Å²) in [5.41, 5.74) is -2.23. The van der Waals surface area contributed by atoms with Crippen LogP contribution in [0.25, 0.3) is 0 Å². The average Bonchev–Trinajstić information content (AvgIpc) is 2.87. The fraction of sp³-hybridized carbons (Fsp3) is 0.900. The number of imide groups is 1. The Morgan fingerprint density at radius 1 is 0.964 bits per heavy atom. The second kappa shape index (κ2) is 9.52. The number of hydrogen-bond acceptors (Lipinski definition) is 6. The highest BCUT2D eigenvalue weighted by molar-refractivity contribution is 6.01. The lowest BCUT2D eigenvalue weighted by Gasteiger charge is -2.39. The summed E-state index contributed by atoms with van der Waals surface area (Å²) in [6.45, 7) is 13.3. The maximum absolute atomic E-state index is 12.2. The molecular weight excluding hydrogens is 364 g/mol. The summed E-state index contributed by atoms with van der Waals surface area (Å²) in [4.78, 5) is 26.3. The molecule has 1 fully saturated rings. The number of hydrogen-bond donors (Lipinski definition) is 2. The molecule has 164 valence electrons. The van der Waals surface area contributed by atoms with Gasteiger partial charge in [0, 0.05) is 20.3 Å². The third-order valence-electron chi connectivity index (χ3n) is 6.36. The van der Waals surface area contributed by atoms with Gasteiger partial charge in [0.15, 0.2) is 0 Å². The zero-order chi connectivity index (χ0) is 21.9. The van der Waals surface area contributed by atoms with Crippen LogP contribution in [0.2, 0.25) is 0 Å². The van der Waals surface area contributed by atoms with Gasteiger partial charge >= 0.3 is 6.03 Å². The van der Waals surface area contributed by atoms with Gasteiger partial charge in [-0.1, -0.05) is 13.8 Å². The van der Waals surface area contributed by atoms with Gasteiger partial charge in [0.05, 0.1) is 23.9 Å². The SMILES string of the molecule is CC(C)C(C)(O)C(C)OCCCOC(C)C(C)(O)C(C)N1CC(=O)N(C)C1=O. The van der Waals surface area contributed by atoms with Gasteiger partial charge in [-0.3, -0.25) is 9.69 Å². The Labute approximate surface area is 168 Å². The number of amides is 3. The summed E-state index contributed by atoms with van der Waals surface area (Å²) < 4.78 is 11.5. The van der Waals surface area contributed by atoms with Crippen molar-refractivity contribution in [3.8, 4) is 0 Å². The highest BCUT2D eigenvalue weighted by Gasteiger charge is 2.45. The van der Waals surface area contributed by atoms with Gasteiger partial charge in [0.1, 0.15) is 12.1 Å². The summed E-state index contributed by atoms with van der Waals surface area (Å²) in [5.74, 6) is -0.209. The first-order chi connectivity index (χ1) is 12.7. The second-order valence-corrected chi connectivity index (χ2v) is 8.53. The lowest BCUT2D eigenvalue weighted by molar-refractivity contribution is -0.133. The number of rotatable bonds is 11. The smallest absolute Gasteiger partial charge is 0.327 e. The van der Waals surface area contributed by atoms with E-state index >= 15 is 0 Å². The Balaban J connectivity index is 2.46. The zero-order valence-corrected chi connectivity index (χ0v) is 18.6. The molecule has 1 rings (SSSR count). The number of carbonyl (C=O) groups is 2. The molecule has 5 atom stereocenters. The number of ether oxygens (including phenoxy) is 2. The summed E-state index contributed by atoms with van der Waals surface area (Å²) in [7, 11) is 1.43. The Hall–Kier alpha value is -1.22. The highest BCUT2D eigenvalue weighted by Crippen LogP contribution is 2.26. The van der Waals surface area contributed by atoms with Crippen LogP contribution in [0, 0.1) is 5.92 Å². The van der Waals surface area contributed by atoms with E-state index in [9.17, 15) is 19.8 Å². The minimum absolute atomic E-state index is 0.0408. The fourth-order valence-electron chi connectivity index (χ4n) is 2.96. The molecule has 8 heteroatoms. The first-order valence-electron chi connectivity index (χ1n) is 9.99. The molecule has 1 aliphatic heterocycles. The quantitative estimate of drug-likeness (QED) is 0.402. The molecule has 0 radical (unpaired) electrons. The van der Waals surface area contributed by atoms with Crippen molar-refractivity contribution in [3.05, 3.63) is 0 Å². The van der Waals surface area contributed by atoms with Crippen molar-refractivity contribution in [1.82, 2.24) is 9.80 Å². The van der Waals surface area contributed by atoms with Crippen LogP contribution in [0.4, 0.5) is 4.79 Å². The van der Waals surface area contributed by atoms with E-state index in [1.807, 2.05) is 20.8 Å². The maximum Gasteiger partial charge on any atom is 0.327 e. The minimum Gasteiger partial charge on any atom is -0.387 e. The van der Waals surface area contributed by atoms with Crippen LogP contribution in [-0.4, -0.2) is 88.2 Å². The molecule has 2 N–H and O–H groups in total. The first kappa shape index (κ1) is 24.8. The number of likely N-dealkylation sites (N-methyl/N-ethyl adjacent to an activating group) is 1. The molecule has 0 aromatic heterocycles. The fourth-order valence-corrected chi connectivity index (χ4v) is 2.96. The largest absolute Gasteiger partial charge is 0.387 e. The molecule has 0 aromatic rings. The summed E-state index contributed by atoms with van der Waals surface area (Å²) in [6.07, 6.45) is -0.242. The Morgan fingerprint density at radius 3 is 1.82 bits per heavy atom. The van der Waals surface area contributed by atoms with Crippen molar-refractivity contribution in [3.63, 3.8) is 0 Å². The molecule has 0 aromatic carbocycles. The van der Waals surface area contributed by atoms with Gasteiger partial charge in [0.2, 0.25) is 5.91 Å². The minimum atomic E-state index is -1.32. The van der Waals surface area contributed by atoms with Crippen LogP contribution >= 0.6 is 0 Å². The predicted molar refractivity (Wildman–Crippen MR) is 106 cm³/mol. The lowest BCUT2D eigenvalue weighted by Crippen LogP contribution is -2.56. The summed E-state index contributed by atoms with van der Waals surface area (Å²) in [5, 5.41) is 21.3. The topological polar surface area (TPSA) is 99.5 Å². The van der Waals surface area contributed by atoms with Gasteiger partial charge in [-0.2, -0.15) is 0 Å². The Kier molecular flexibility index (Phi) is 8.44. The van der Waals surface area contributed by atoms with Crippen molar-refractivity contribution in [2.75, 3.05) is 26.8 Å². The number of carbonyl (C=O) groups excluding carboxylic acids is 2. The third-order valence-corrected chi connectivity index (χ3v) is 6.36. The standard InChI is InChI=1S/C20H38N2O6/c1-13(2)19(6,25)15(4)27-10-9-11-28-16(5)20(7,26)14(3)22-12-17(23)21(8)18(22)24/h13-16,25-26H,9-12H2,1-8H3. The van der Waals surface area contributed by atoms with Gasteiger partial charge in [0.25, 0.3) is 0 Å². The number of aliphatic hydroxyl groups is 2. The Bertz CT molecular complexity index is 549. The molecule has 1 saturated heterocycles. The van der Waals surface area contributed by atoms with Crippen molar-refractivity contribution < 1.29 is 29.3 Å². The van der Waals surface area contributed by atoms with E-state index in [1.165, 1.54) is 11.9 Å². The molecule has 3 amide bonds. The van der Waals surface area contributed by atoms with Crippen molar-refractivity contribution in [2.45, 2.75) is 84.3 Å². The van der Waals surface area contributed by atoms with Crippen LogP contribution in [0.15, 0.2) is 0 Å². The van der Waals surface area contributed by atoms with E-state index in [4.69, 9.17) is 9.47 Å². The second-order valence-electron chi connectivity index (χ2n) is 8.53. The Morgan fingerprint density at radius 2 is 1.43 bits per heavy atom. The number of nitrogens with zero attached hydrogens (tertiary/aromatic N) is 2. The molecule has 0 bridgehead atoms. The van der Waals surface area contributed by atoms with E-state index in [2.05, 4.69) is 0 Å². The molecule has 8 nitrogen and oxygen atoms in total. The molecule has 28 heavy (non-hydrogen) atoms. The van der Waals surface area contributed by atoms with E-state index in [0.29, 0.717) is 19.6 Å². The van der Waals surface area contributed by atoms with Crippen LogP contribution in [0.3, 0.4) is 0 Å². The van der Waals surface area contributed by atoms with Gasteiger partial charge < -0.3 is 24.6 Å². The zero-order valence-electron chi connectivity index (χ0n) is 18.6. The average molecular weight is 403 g/mol. The van der Waals surface area contributed by atoms with E-state index in [-0.39, 0.29) is 24.5 Å². The highest BCUT2D eigenvalue weighted by atomic mass is 16.5. The van der Waals surface area contributed by atoms with Crippen LogP contribution in [-0.2, 0) is 14.3 Å². The van der Waals surface area contributed by atoms with Gasteiger partial charge in [-0.05, 0) is 47.0 Å². The van der Waals surface area contributed by atoms with Crippen LogP contribution in [0.5, 0.6) is 0 Å². The lowest BCUT2D eigenvalue weighted by atomic mass is 9.88. The monoisotopic (exact) mass is 402 g/mol.